The summed E-state index contributed by atoms with van der Waals surface area (Å²) in [7, 11) is 0. The number of benzene rings is 2. The molecule has 0 spiro atoms. The summed E-state index contributed by atoms with van der Waals surface area (Å²) in [5.74, 6) is -0.560. The van der Waals surface area contributed by atoms with Crippen molar-refractivity contribution in [3.05, 3.63) is 88.6 Å². The second-order valence-corrected chi connectivity index (χ2v) is 7.76. The van der Waals surface area contributed by atoms with Crippen molar-refractivity contribution in [2.75, 3.05) is 10.6 Å². The Morgan fingerprint density at radius 2 is 1.97 bits per heavy atom. The molecule has 0 fully saturated rings. The third-order valence-electron chi connectivity index (χ3n) is 4.95. The Hall–Kier alpha value is -3.78. The zero-order valence-corrected chi connectivity index (χ0v) is 18.7. The van der Waals surface area contributed by atoms with Crippen molar-refractivity contribution >= 4 is 40.6 Å². The summed E-state index contributed by atoms with van der Waals surface area (Å²) < 4.78 is 13.7. The van der Waals surface area contributed by atoms with Crippen molar-refractivity contribution in [2.24, 2.45) is 5.73 Å². The number of hydrogen-bond acceptors (Lipinski definition) is 5. The van der Waals surface area contributed by atoms with Gasteiger partial charge in [-0.3, -0.25) is 9.59 Å². The first kappa shape index (κ1) is 23.9. The van der Waals surface area contributed by atoms with Crippen molar-refractivity contribution in [3.8, 4) is 0 Å². The second-order valence-electron chi connectivity index (χ2n) is 7.35. The molecular formula is C24H23ClFN5O2. The highest BCUT2D eigenvalue weighted by Gasteiger charge is 2.12. The fourth-order valence-corrected chi connectivity index (χ4v) is 3.32. The Kier molecular flexibility index (Phi) is 7.74. The number of primary amides is 1. The number of carbonyl (C=O) groups is 2. The van der Waals surface area contributed by atoms with Crippen LogP contribution in [0.2, 0.25) is 5.02 Å². The van der Waals surface area contributed by atoms with Gasteiger partial charge < -0.3 is 16.4 Å². The van der Waals surface area contributed by atoms with Crippen molar-refractivity contribution in [1.29, 1.82) is 0 Å². The van der Waals surface area contributed by atoms with Gasteiger partial charge in [-0.25, -0.2) is 14.4 Å². The number of carbonyl (C=O) groups excluding carboxylic acids is 2. The van der Waals surface area contributed by atoms with Gasteiger partial charge in [0.1, 0.15) is 16.7 Å². The predicted octanol–water partition coefficient (Wildman–Crippen LogP) is 4.72. The molecule has 0 aliphatic carbocycles. The summed E-state index contributed by atoms with van der Waals surface area (Å²) in [6, 6.07) is 9.30. The van der Waals surface area contributed by atoms with E-state index in [1.165, 1.54) is 24.4 Å². The Morgan fingerprint density at radius 3 is 2.70 bits per heavy atom. The SMILES string of the molecule is C=CC(=O)Nc1cc(F)ccc1Nc1nc(CCCc2cc(C(N)=O)ccc2C)ncc1Cl. The first-order chi connectivity index (χ1) is 15.8. The number of nitrogens with one attached hydrogen (secondary N) is 2. The molecular weight excluding hydrogens is 445 g/mol. The summed E-state index contributed by atoms with van der Waals surface area (Å²) in [6.07, 6.45) is 4.59. The molecule has 7 nitrogen and oxygen atoms in total. The molecule has 170 valence electrons. The summed E-state index contributed by atoms with van der Waals surface area (Å²) in [6.45, 7) is 5.38. The van der Waals surface area contributed by atoms with E-state index in [0.717, 1.165) is 30.0 Å². The van der Waals surface area contributed by atoms with Crippen molar-refractivity contribution in [2.45, 2.75) is 26.2 Å². The number of hydrogen-bond donors (Lipinski definition) is 3. The van der Waals surface area contributed by atoms with E-state index in [1.807, 2.05) is 13.0 Å². The Balaban J connectivity index is 1.73. The fraction of sp³-hybridized carbons (Fsp3) is 0.167. The highest BCUT2D eigenvalue weighted by atomic mass is 35.5. The minimum absolute atomic E-state index is 0.223. The lowest BCUT2D eigenvalue weighted by atomic mass is 10.00. The van der Waals surface area contributed by atoms with Crippen LogP contribution in [0.25, 0.3) is 0 Å². The van der Waals surface area contributed by atoms with E-state index >= 15 is 0 Å². The van der Waals surface area contributed by atoms with Crippen LogP contribution in [0.5, 0.6) is 0 Å². The maximum absolute atomic E-state index is 13.7. The van der Waals surface area contributed by atoms with Crippen LogP contribution in [0.15, 0.2) is 55.3 Å². The van der Waals surface area contributed by atoms with Crippen molar-refractivity contribution in [1.82, 2.24) is 9.97 Å². The largest absolute Gasteiger partial charge is 0.366 e. The van der Waals surface area contributed by atoms with E-state index < -0.39 is 17.6 Å². The molecule has 1 aromatic heterocycles. The van der Waals surface area contributed by atoms with Crippen LogP contribution in [0.4, 0.5) is 21.6 Å². The number of nitrogens with two attached hydrogens (primary N) is 1. The van der Waals surface area contributed by atoms with Gasteiger partial charge in [-0.05, 0) is 67.3 Å². The van der Waals surface area contributed by atoms with Gasteiger partial charge in [0.25, 0.3) is 0 Å². The molecule has 1 heterocycles. The highest BCUT2D eigenvalue weighted by Crippen LogP contribution is 2.29. The molecule has 0 bridgehead atoms. The van der Waals surface area contributed by atoms with E-state index in [-0.39, 0.29) is 10.7 Å². The Morgan fingerprint density at radius 1 is 1.18 bits per heavy atom. The molecule has 9 heteroatoms. The summed E-state index contributed by atoms with van der Waals surface area (Å²) in [5.41, 5.74) is 8.59. The molecule has 0 aliphatic rings. The van der Waals surface area contributed by atoms with Gasteiger partial charge >= 0.3 is 0 Å². The molecule has 0 radical (unpaired) electrons. The molecule has 0 saturated carbocycles. The highest BCUT2D eigenvalue weighted by molar-refractivity contribution is 6.32. The van der Waals surface area contributed by atoms with Gasteiger partial charge in [-0.15, -0.1) is 0 Å². The third-order valence-corrected chi connectivity index (χ3v) is 5.23. The summed E-state index contributed by atoms with van der Waals surface area (Å²) in [4.78, 5) is 31.9. The van der Waals surface area contributed by atoms with E-state index in [1.54, 1.807) is 12.1 Å². The first-order valence-electron chi connectivity index (χ1n) is 10.2. The summed E-state index contributed by atoms with van der Waals surface area (Å²) in [5, 5.41) is 5.84. The average molecular weight is 468 g/mol. The molecule has 4 N–H and O–H groups in total. The number of amides is 2. The van der Waals surface area contributed by atoms with Crippen LogP contribution in [0.1, 0.15) is 33.7 Å². The summed E-state index contributed by atoms with van der Waals surface area (Å²) >= 11 is 6.25. The lowest BCUT2D eigenvalue weighted by molar-refractivity contribution is -0.111. The molecule has 0 atom stereocenters. The quantitative estimate of drug-likeness (QED) is 0.394. The predicted molar refractivity (Wildman–Crippen MR) is 127 cm³/mol. The number of halogens is 2. The van der Waals surface area contributed by atoms with Crippen LogP contribution in [0, 0.1) is 12.7 Å². The van der Waals surface area contributed by atoms with Crippen LogP contribution in [0.3, 0.4) is 0 Å². The van der Waals surface area contributed by atoms with E-state index in [9.17, 15) is 14.0 Å². The van der Waals surface area contributed by atoms with E-state index in [2.05, 4.69) is 27.2 Å². The molecule has 3 aromatic rings. The molecule has 0 unspecified atom stereocenters. The van der Waals surface area contributed by atoms with Crippen LogP contribution in [-0.4, -0.2) is 21.8 Å². The van der Waals surface area contributed by atoms with Crippen molar-refractivity contribution in [3.63, 3.8) is 0 Å². The second kappa shape index (κ2) is 10.7. The number of aryl methyl sites for hydroxylation is 3. The molecule has 2 aromatic carbocycles. The van der Waals surface area contributed by atoms with E-state index in [4.69, 9.17) is 17.3 Å². The maximum atomic E-state index is 13.7. The van der Waals surface area contributed by atoms with Gasteiger partial charge in [0, 0.05) is 12.0 Å². The zero-order valence-electron chi connectivity index (χ0n) is 18.0. The normalized spacial score (nSPS) is 10.5. The van der Waals surface area contributed by atoms with Gasteiger partial charge in [0.05, 0.1) is 17.6 Å². The third kappa shape index (κ3) is 6.36. The lowest BCUT2D eigenvalue weighted by Crippen LogP contribution is -2.11. The number of aromatic nitrogens is 2. The number of rotatable bonds is 9. The average Bonchev–Trinajstić information content (AvgIpc) is 2.78. The molecule has 33 heavy (non-hydrogen) atoms. The minimum atomic E-state index is -0.509. The first-order valence-corrected chi connectivity index (χ1v) is 10.6. The van der Waals surface area contributed by atoms with E-state index in [0.29, 0.717) is 29.3 Å². The lowest BCUT2D eigenvalue weighted by Gasteiger charge is -2.14. The molecule has 0 aliphatic heterocycles. The Labute approximate surface area is 195 Å². The van der Waals surface area contributed by atoms with Gasteiger partial charge in [0.15, 0.2) is 5.82 Å². The standard InChI is InChI=1S/C24H23ClFN5O2/c1-3-22(32)29-20-12-17(26)9-10-19(20)30-24-18(25)13-28-21(31-24)6-4-5-15-11-16(23(27)33)8-7-14(15)2/h3,7-13H,1,4-6H2,2H3,(H2,27,33)(H,29,32)(H,28,30,31). The number of nitrogens with zero attached hydrogens (tertiary/aromatic N) is 2. The van der Waals surface area contributed by atoms with Gasteiger partial charge in [0.2, 0.25) is 11.8 Å². The molecule has 3 rings (SSSR count). The van der Waals surface area contributed by atoms with Crippen LogP contribution >= 0.6 is 11.6 Å². The van der Waals surface area contributed by atoms with Gasteiger partial charge in [-0.1, -0.05) is 24.2 Å². The van der Waals surface area contributed by atoms with Crippen LogP contribution < -0.4 is 16.4 Å². The monoisotopic (exact) mass is 467 g/mol. The smallest absolute Gasteiger partial charge is 0.248 e. The van der Waals surface area contributed by atoms with Gasteiger partial charge in [-0.2, -0.15) is 0 Å². The molecule has 2 amide bonds. The fourth-order valence-electron chi connectivity index (χ4n) is 3.18. The number of anilines is 3. The minimum Gasteiger partial charge on any atom is -0.366 e. The van der Waals surface area contributed by atoms with Crippen molar-refractivity contribution < 1.29 is 14.0 Å². The zero-order chi connectivity index (χ0) is 24.0. The topological polar surface area (TPSA) is 110 Å². The van der Waals surface area contributed by atoms with Crippen LogP contribution in [-0.2, 0) is 17.6 Å². The maximum Gasteiger partial charge on any atom is 0.248 e. The Bertz CT molecular complexity index is 1220. The molecule has 0 saturated heterocycles.